The van der Waals surface area contributed by atoms with E-state index in [0.717, 1.165) is 0 Å². The average Bonchev–Trinajstić information content (AvgIpc) is 2.14. The van der Waals surface area contributed by atoms with Crippen LogP contribution in [0.1, 0.15) is 27.7 Å². The van der Waals surface area contributed by atoms with Crippen LogP contribution in [-0.4, -0.2) is 41.9 Å². The predicted octanol–water partition coefficient (Wildman–Crippen LogP) is 1.64. The second-order valence-electron chi connectivity index (χ2n) is 4.86. The van der Waals surface area contributed by atoms with Gasteiger partial charge in [0.2, 0.25) is 0 Å². The van der Waals surface area contributed by atoms with Crippen molar-refractivity contribution in [1.29, 1.82) is 0 Å². The maximum Gasteiger partial charge on any atom is 0.411 e. The molecule has 1 aliphatic rings. The molecule has 0 bridgehead atoms. The molecule has 0 aromatic rings. The van der Waals surface area contributed by atoms with Crippen LogP contribution in [0.5, 0.6) is 0 Å². The largest absolute Gasteiger partial charge is 0.444 e. The molecule has 0 unspecified atom stereocenters. The molecular weight excluding hydrogens is 206 g/mol. The molecule has 1 saturated heterocycles. The first-order chi connectivity index (χ1) is 7.35. The Hall–Kier alpha value is -1.21. The maximum absolute atomic E-state index is 11.9. The highest BCUT2D eigenvalue weighted by atomic mass is 16.6. The van der Waals surface area contributed by atoms with E-state index in [9.17, 15) is 4.79 Å². The van der Waals surface area contributed by atoms with Crippen molar-refractivity contribution in [3.8, 4) is 12.3 Å². The molecule has 0 aromatic carbocycles. The quantitative estimate of drug-likeness (QED) is 0.588. The van der Waals surface area contributed by atoms with Crippen molar-refractivity contribution >= 4 is 6.09 Å². The number of morpholine rings is 1. The lowest BCUT2D eigenvalue weighted by atomic mass is 10.1. The predicted molar refractivity (Wildman–Crippen MR) is 61.0 cm³/mol. The van der Waals surface area contributed by atoms with Crippen molar-refractivity contribution in [3.05, 3.63) is 0 Å². The van der Waals surface area contributed by atoms with Crippen LogP contribution in [-0.2, 0) is 9.47 Å². The molecule has 0 radical (unpaired) electrons. The van der Waals surface area contributed by atoms with E-state index < -0.39 is 5.60 Å². The van der Waals surface area contributed by atoms with Crippen molar-refractivity contribution in [2.75, 3.05) is 13.2 Å². The molecule has 0 N–H and O–H groups in total. The third-order valence-electron chi connectivity index (χ3n) is 2.29. The van der Waals surface area contributed by atoms with Crippen LogP contribution >= 0.6 is 0 Å². The van der Waals surface area contributed by atoms with Gasteiger partial charge < -0.3 is 9.47 Å². The average molecular weight is 225 g/mol. The van der Waals surface area contributed by atoms with Gasteiger partial charge in [0.15, 0.2) is 0 Å². The van der Waals surface area contributed by atoms with Crippen LogP contribution in [0.15, 0.2) is 0 Å². The summed E-state index contributed by atoms with van der Waals surface area (Å²) in [5, 5.41) is 0. The highest BCUT2D eigenvalue weighted by Gasteiger charge is 2.33. The first-order valence-electron chi connectivity index (χ1n) is 5.42. The Balaban J connectivity index is 2.71. The van der Waals surface area contributed by atoms with Crippen LogP contribution in [0.2, 0.25) is 0 Å². The Morgan fingerprint density at radius 2 is 2.19 bits per heavy atom. The minimum Gasteiger partial charge on any atom is -0.444 e. The van der Waals surface area contributed by atoms with Crippen molar-refractivity contribution in [2.45, 2.75) is 45.4 Å². The summed E-state index contributed by atoms with van der Waals surface area (Å²) >= 11 is 0. The monoisotopic (exact) mass is 225 g/mol. The Kier molecular flexibility index (Phi) is 3.82. The first-order valence-corrected chi connectivity index (χ1v) is 5.42. The van der Waals surface area contributed by atoms with Crippen LogP contribution in [0.25, 0.3) is 0 Å². The lowest BCUT2D eigenvalue weighted by Gasteiger charge is -2.37. The molecule has 16 heavy (non-hydrogen) atoms. The van der Waals surface area contributed by atoms with E-state index in [1.807, 2.05) is 27.7 Å². The van der Waals surface area contributed by atoms with Gasteiger partial charge in [-0.15, -0.1) is 6.42 Å². The first kappa shape index (κ1) is 12.9. The highest BCUT2D eigenvalue weighted by Crippen LogP contribution is 2.17. The Bertz CT molecular complexity index is 300. The Labute approximate surface area is 96.9 Å². The summed E-state index contributed by atoms with van der Waals surface area (Å²) in [5.74, 6) is 2.57. The molecule has 90 valence electrons. The summed E-state index contributed by atoms with van der Waals surface area (Å²) in [6.07, 6.45) is 4.89. The van der Waals surface area contributed by atoms with Gasteiger partial charge in [-0.25, -0.2) is 4.79 Å². The number of carbonyl (C=O) groups excluding carboxylic acids is 1. The third kappa shape index (κ3) is 3.14. The summed E-state index contributed by atoms with van der Waals surface area (Å²) in [6, 6.07) is -0.344. The third-order valence-corrected chi connectivity index (χ3v) is 2.29. The van der Waals surface area contributed by atoms with E-state index in [-0.39, 0.29) is 18.2 Å². The number of hydrogen-bond acceptors (Lipinski definition) is 3. The number of rotatable bonds is 0. The van der Waals surface area contributed by atoms with Crippen LogP contribution < -0.4 is 0 Å². The second-order valence-corrected chi connectivity index (χ2v) is 4.86. The molecular formula is C12H19NO3. The molecule has 1 heterocycles. The van der Waals surface area contributed by atoms with Crippen LogP contribution in [0.3, 0.4) is 0 Å². The SMILES string of the molecule is C#C[C@H]1[C@H](C)OCCN1C(=O)OC(C)(C)C. The lowest BCUT2D eigenvalue weighted by Crippen LogP contribution is -2.53. The number of nitrogens with zero attached hydrogens (tertiary/aromatic N) is 1. The molecule has 2 atom stereocenters. The second kappa shape index (κ2) is 4.75. The fourth-order valence-corrected chi connectivity index (χ4v) is 1.57. The van der Waals surface area contributed by atoms with E-state index in [0.29, 0.717) is 13.2 Å². The number of terminal acetylenes is 1. The molecule has 0 saturated carbocycles. The molecule has 4 heteroatoms. The molecule has 1 amide bonds. The smallest absolute Gasteiger partial charge is 0.411 e. The van der Waals surface area contributed by atoms with Crippen molar-refractivity contribution in [2.24, 2.45) is 0 Å². The van der Waals surface area contributed by atoms with Gasteiger partial charge in [0.1, 0.15) is 11.6 Å². The van der Waals surface area contributed by atoms with E-state index in [4.69, 9.17) is 15.9 Å². The van der Waals surface area contributed by atoms with Crippen molar-refractivity contribution < 1.29 is 14.3 Å². The summed E-state index contributed by atoms with van der Waals surface area (Å²) in [7, 11) is 0. The summed E-state index contributed by atoms with van der Waals surface area (Å²) in [6.45, 7) is 8.34. The van der Waals surface area contributed by atoms with Gasteiger partial charge in [-0.3, -0.25) is 4.90 Å². The van der Waals surface area contributed by atoms with Crippen LogP contribution in [0, 0.1) is 12.3 Å². The lowest BCUT2D eigenvalue weighted by molar-refractivity contribution is -0.0530. The van der Waals surface area contributed by atoms with E-state index in [2.05, 4.69) is 5.92 Å². The summed E-state index contributed by atoms with van der Waals surface area (Å²) in [5.41, 5.74) is -0.502. The zero-order valence-electron chi connectivity index (χ0n) is 10.3. The zero-order valence-corrected chi connectivity index (χ0v) is 10.3. The standard InChI is InChI=1S/C12H19NO3/c1-6-10-9(2)15-8-7-13(10)11(14)16-12(3,4)5/h1,9-10H,7-8H2,2-5H3/t9-,10-/m0/s1. The molecule has 0 aliphatic carbocycles. The number of amides is 1. The molecule has 1 aliphatic heterocycles. The maximum atomic E-state index is 11.9. The zero-order chi connectivity index (χ0) is 12.3. The highest BCUT2D eigenvalue weighted by molar-refractivity contribution is 5.69. The minimum atomic E-state index is -0.502. The fraction of sp³-hybridized carbons (Fsp3) is 0.750. The number of hydrogen-bond donors (Lipinski definition) is 0. The molecule has 4 nitrogen and oxygen atoms in total. The van der Waals surface area contributed by atoms with E-state index >= 15 is 0 Å². The van der Waals surface area contributed by atoms with E-state index in [1.165, 1.54) is 0 Å². The normalized spacial score (nSPS) is 26.1. The summed E-state index contributed by atoms with van der Waals surface area (Å²) < 4.78 is 10.7. The fourth-order valence-electron chi connectivity index (χ4n) is 1.57. The van der Waals surface area contributed by atoms with Gasteiger partial charge in [0.05, 0.1) is 12.7 Å². The number of ether oxygens (including phenoxy) is 2. The topological polar surface area (TPSA) is 38.8 Å². The van der Waals surface area contributed by atoms with Gasteiger partial charge in [0, 0.05) is 6.54 Å². The molecule has 1 rings (SSSR count). The van der Waals surface area contributed by atoms with Gasteiger partial charge in [-0.2, -0.15) is 0 Å². The van der Waals surface area contributed by atoms with Crippen molar-refractivity contribution in [3.63, 3.8) is 0 Å². The minimum absolute atomic E-state index is 0.147. The van der Waals surface area contributed by atoms with Crippen LogP contribution in [0.4, 0.5) is 4.79 Å². The Morgan fingerprint density at radius 3 is 2.69 bits per heavy atom. The number of carbonyl (C=O) groups is 1. The van der Waals surface area contributed by atoms with E-state index in [1.54, 1.807) is 4.90 Å². The van der Waals surface area contributed by atoms with Gasteiger partial charge >= 0.3 is 6.09 Å². The molecule has 1 fully saturated rings. The molecule has 0 aromatic heterocycles. The van der Waals surface area contributed by atoms with Gasteiger partial charge in [-0.1, -0.05) is 5.92 Å². The van der Waals surface area contributed by atoms with Gasteiger partial charge in [0.25, 0.3) is 0 Å². The summed E-state index contributed by atoms with van der Waals surface area (Å²) in [4.78, 5) is 13.4. The van der Waals surface area contributed by atoms with Crippen molar-refractivity contribution in [1.82, 2.24) is 4.90 Å². The van der Waals surface area contributed by atoms with Gasteiger partial charge in [-0.05, 0) is 27.7 Å². The molecule has 0 spiro atoms. The Morgan fingerprint density at radius 1 is 1.56 bits per heavy atom.